The van der Waals surface area contributed by atoms with Gasteiger partial charge >= 0.3 is 0 Å². The van der Waals surface area contributed by atoms with Crippen LogP contribution in [0.2, 0.25) is 5.31 Å². The Morgan fingerprint density at radius 3 is 2.13 bits per heavy atom. The first-order valence-corrected chi connectivity index (χ1v) is 5.90. The fraction of sp³-hybridized carbons (Fsp3) is 0.917. The fourth-order valence-electron chi connectivity index (χ4n) is 1.53. The second kappa shape index (κ2) is 5.57. The van der Waals surface area contributed by atoms with E-state index in [1.54, 1.807) is 0 Å². The summed E-state index contributed by atoms with van der Waals surface area (Å²) in [5.74, 6) is 0.0558. The van der Waals surface area contributed by atoms with Gasteiger partial charge in [-0.2, -0.15) is 0 Å². The van der Waals surface area contributed by atoms with E-state index < -0.39 is 0 Å². The third-order valence-corrected chi connectivity index (χ3v) is 2.76. The van der Waals surface area contributed by atoms with Gasteiger partial charge < -0.3 is 5.32 Å². The molecule has 3 heteroatoms. The number of amides is 1. The van der Waals surface area contributed by atoms with E-state index in [0.29, 0.717) is 0 Å². The van der Waals surface area contributed by atoms with Gasteiger partial charge in [-0.05, 0) is 20.3 Å². The second-order valence-corrected chi connectivity index (χ2v) is 5.61. The van der Waals surface area contributed by atoms with Crippen molar-refractivity contribution in [2.45, 2.75) is 71.7 Å². The molecule has 0 aromatic rings. The van der Waals surface area contributed by atoms with Gasteiger partial charge in [0.2, 0.25) is 7.28 Å². The number of rotatable bonds is 6. The van der Waals surface area contributed by atoms with E-state index >= 15 is 0 Å². The van der Waals surface area contributed by atoms with Crippen molar-refractivity contribution in [1.82, 2.24) is 5.32 Å². The van der Waals surface area contributed by atoms with Crippen molar-refractivity contribution in [1.29, 1.82) is 0 Å². The first-order chi connectivity index (χ1) is 6.72. The largest absolute Gasteiger partial charge is 0.360 e. The first kappa shape index (κ1) is 14.5. The van der Waals surface area contributed by atoms with Gasteiger partial charge in [0.25, 0.3) is 0 Å². The van der Waals surface area contributed by atoms with Gasteiger partial charge in [0.1, 0.15) is 0 Å². The van der Waals surface area contributed by atoms with Gasteiger partial charge in [0.15, 0.2) is 5.81 Å². The molecule has 15 heavy (non-hydrogen) atoms. The molecule has 1 radical (unpaired) electrons. The topological polar surface area (TPSA) is 29.1 Å². The Hall–Kier alpha value is -0.465. The Balaban J connectivity index is 4.14. The maximum atomic E-state index is 11.7. The van der Waals surface area contributed by atoms with Crippen LogP contribution in [-0.2, 0) is 0 Å². The lowest BCUT2D eigenvalue weighted by molar-refractivity contribution is 0.247. The summed E-state index contributed by atoms with van der Waals surface area (Å²) >= 11 is 0. The van der Waals surface area contributed by atoms with Crippen LogP contribution in [-0.4, -0.2) is 18.6 Å². The van der Waals surface area contributed by atoms with Crippen LogP contribution < -0.4 is 5.32 Å². The highest BCUT2D eigenvalue weighted by molar-refractivity contribution is 6.75. The molecule has 0 rings (SSSR count). The third kappa shape index (κ3) is 6.59. The van der Waals surface area contributed by atoms with Crippen LogP contribution in [0.1, 0.15) is 60.8 Å². The number of carbonyl (C=O) groups excluding carboxylic acids is 1. The third-order valence-electron chi connectivity index (χ3n) is 2.76. The Kier molecular flexibility index (Phi) is 5.40. The van der Waals surface area contributed by atoms with Crippen molar-refractivity contribution in [3.63, 3.8) is 0 Å². The quantitative estimate of drug-likeness (QED) is 0.667. The van der Waals surface area contributed by atoms with E-state index in [0.717, 1.165) is 19.3 Å². The van der Waals surface area contributed by atoms with Gasteiger partial charge in [-0.3, -0.25) is 4.79 Å². The average molecular weight is 210 g/mol. The molecule has 0 aliphatic heterocycles. The molecule has 0 atom stereocenters. The number of hydrogen-bond acceptors (Lipinski definition) is 1. The zero-order valence-corrected chi connectivity index (χ0v) is 11.1. The lowest BCUT2D eigenvalue weighted by Crippen LogP contribution is -2.46. The maximum absolute atomic E-state index is 11.7. The van der Waals surface area contributed by atoms with Crippen LogP contribution in [0, 0.1) is 0 Å². The van der Waals surface area contributed by atoms with E-state index in [9.17, 15) is 4.79 Å². The zero-order chi connectivity index (χ0) is 12.1. The first-order valence-electron chi connectivity index (χ1n) is 5.90. The van der Waals surface area contributed by atoms with Gasteiger partial charge in [-0.1, -0.05) is 45.9 Å². The number of nitrogens with one attached hydrogen (secondary N) is 1. The highest BCUT2D eigenvalue weighted by Crippen LogP contribution is 2.29. The molecule has 0 fully saturated rings. The van der Waals surface area contributed by atoms with Crippen LogP contribution in [0.5, 0.6) is 0 Å². The molecule has 0 aromatic carbocycles. The minimum absolute atomic E-state index is 0.00263. The van der Waals surface area contributed by atoms with Crippen LogP contribution in [0.3, 0.4) is 0 Å². The Bertz CT molecular complexity index is 212. The summed E-state index contributed by atoms with van der Waals surface area (Å²) in [6.07, 6.45) is 3.10. The number of hydrogen-bond donors (Lipinski definition) is 1. The fourth-order valence-corrected chi connectivity index (χ4v) is 1.53. The normalized spacial score (nSPS) is 12.4. The molecule has 0 unspecified atom stereocenters. The summed E-state index contributed by atoms with van der Waals surface area (Å²) in [6, 6.07) is 0. The van der Waals surface area contributed by atoms with Crippen molar-refractivity contribution in [3.05, 3.63) is 0 Å². The zero-order valence-electron chi connectivity index (χ0n) is 11.1. The molecule has 0 heterocycles. The summed E-state index contributed by atoms with van der Waals surface area (Å²) in [5, 5.41) is 3.03. The van der Waals surface area contributed by atoms with Crippen molar-refractivity contribution in [2.24, 2.45) is 0 Å². The van der Waals surface area contributed by atoms with Crippen molar-refractivity contribution < 1.29 is 4.79 Å². The van der Waals surface area contributed by atoms with Crippen molar-refractivity contribution >= 4 is 13.1 Å². The minimum atomic E-state index is -0.101. The molecule has 2 nitrogen and oxygen atoms in total. The summed E-state index contributed by atoms with van der Waals surface area (Å²) in [7, 11) is 1.81. The van der Waals surface area contributed by atoms with Crippen molar-refractivity contribution in [2.75, 3.05) is 0 Å². The summed E-state index contributed by atoms with van der Waals surface area (Å²) in [5.41, 5.74) is -0.101. The highest BCUT2D eigenvalue weighted by Gasteiger charge is 2.26. The molecule has 0 aliphatic rings. The number of carbonyl (C=O) groups is 1. The molecule has 0 saturated carbocycles. The van der Waals surface area contributed by atoms with Crippen LogP contribution in [0.15, 0.2) is 0 Å². The standard InChI is InChI=1S/C12H25BNO/c1-7-9-11(3,4)13-10(15)14-12(5,6)8-2/h7-9H2,1-6H3,(H,14,15). The molecule has 87 valence electrons. The molecule has 1 amide bonds. The lowest BCUT2D eigenvalue weighted by Gasteiger charge is -2.28. The highest BCUT2D eigenvalue weighted by atomic mass is 16.1. The molecule has 0 spiro atoms. The van der Waals surface area contributed by atoms with Crippen molar-refractivity contribution in [3.8, 4) is 0 Å². The predicted octanol–water partition coefficient (Wildman–Crippen LogP) is 3.59. The molecule has 0 aliphatic carbocycles. The maximum Gasteiger partial charge on any atom is 0.239 e. The second-order valence-electron chi connectivity index (χ2n) is 5.61. The van der Waals surface area contributed by atoms with Crippen LogP contribution in [0.25, 0.3) is 0 Å². The smallest absolute Gasteiger partial charge is 0.239 e. The van der Waals surface area contributed by atoms with Gasteiger partial charge in [0.05, 0.1) is 0 Å². The lowest BCUT2D eigenvalue weighted by atomic mass is 9.52. The summed E-state index contributed by atoms with van der Waals surface area (Å²) < 4.78 is 0. The molecular weight excluding hydrogens is 185 g/mol. The van der Waals surface area contributed by atoms with Gasteiger partial charge in [-0.15, -0.1) is 0 Å². The van der Waals surface area contributed by atoms with E-state index in [-0.39, 0.29) is 16.7 Å². The van der Waals surface area contributed by atoms with E-state index in [2.05, 4.69) is 33.0 Å². The van der Waals surface area contributed by atoms with Gasteiger partial charge in [-0.25, -0.2) is 0 Å². The van der Waals surface area contributed by atoms with Crippen LogP contribution in [0.4, 0.5) is 4.79 Å². The molecule has 1 N–H and O–H groups in total. The molecule has 0 bridgehead atoms. The molecule has 0 saturated heterocycles. The van der Waals surface area contributed by atoms with E-state index in [4.69, 9.17) is 0 Å². The average Bonchev–Trinajstić information content (AvgIpc) is 2.01. The van der Waals surface area contributed by atoms with Gasteiger partial charge in [0, 0.05) is 5.54 Å². The van der Waals surface area contributed by atoms with E-state index in [1.807, 2.05) is 21.1 Å². The van der Waals surface area contributed by atoms with E-state index in [1.165, 1.54) is 0 Å². The molecular formula is C12H25BNO. The Labute approximate surface area is 95.5 Å². The summed E-state index contributed by atoms with van der Waals surface area (Å²) in [6.45, 7) is 12.5. The molecule has 0 aromatic heterocycles. The Morgan fingerprint density at radius 2 is 1.73 bits per heavy atom. The summed E-state index contributed by atoms with van der Waals surface area (Å²) in [4.78, 5) is 11.7. The Morgan fingerprint density at radius 1 is 1.20 bits per heavy atom. The minimum Gasteiger partial charge on any atom is -0.360 e. The SMILES string of the molecule is CCCC(C)(C)[B]C(=O)NC(C)(C)CC. The monoisotopic (exact) mass is 210 g/mol. The van der Waals surface area contributed by atoms with Crippen LogP contribution >= 0.6 is 0 Å². The predicted molar refractivity (Wildman–Crippen MR) is 67.6 cm³/mol.